The predicted molar refractivity (Wildman–Crippen MR) is 65.6 cm³/mol. The Morgan fingerprint density at radius 3 is 3.00 bits per heavy atom. The van der Waals surface area contributed by atoms with E-state index in [9.17, 15) is 14.7 Å². The second kappa shape index (κ2) is 4.55. The number of rotatable bonds is 1. The molecule has 3 rings (SSSR count). The van der Waals surface area contributed by atoms with Crippen LogP contribution in [0.2, 0.25) is 0 Å². The second-order valence-electron chi connectivity index (χ2n) is 4.62. The Balaban J connectivity index is 1.90. The highest BCUT2D eigenvalue weighted by atomic mass is 16.5. The molecule has 1 aromatic rings. The average molecular weight is 262 g/mol. The summed E-state index contributed by atoms with van der Waals surface area (Å²) in [6.45, 7) is 1.33. The van der Waals surface area contributed by atoms with E-state index < -0.39 is 6.04 Å². The van der Waals surface area contributed by atoms with E-state index in [1.54, 1.807) is 18.2 Å². The van der Waals surface area contributed by atoms with Gasteiger partial charge in [0.2, 0.25) is 5.91 Å². The molecule has 1 aromatic carbocycles. The monoisotopic (exact) mass is 262 g/mol. The molecule has 1 saturated heterocycles. The van der Waals surface area contributed by atoms with Crippen LogP contribution in [0.25, 0.3) is 0 Å². The minimum atomic E-state index is -0.637. The normalized spacial score (nSPS) is 22.9. The lowest BCUT2D eigenvalue weighted by Crippen LogP contribution is -2.48. The summed E-state index contributed by atoms with van der Waals surface area (Å²) < 4.78 is 5.33. The van der Waals surface area contributed by atoms with Crippen molar-refractivity contribution >= 4 is 11.8 Å². The van der Waals surface area contributed by atoms with Crippen molar-refractivity contribution in [3.05, 3.63) is 29.3 Å². The van der Waals surface area contributed by atoms with Crippen molar-refractivity contribution < 1.29 is 19.4 Å². The smallest absolute Gasteiger partial charge is 0.255 e. The first-order valence-corrected chi connectivity index (χ1v) is 6.16. The molecule has 2 amide bonds. The Kier molecular flexibility index (Phi) is 2.87. The molecule has 0 bridgehead atoms. The maximum atomic E-state index is 12.3. The van der Waals surface area contributed by atoms with E-state index in [4.69, 9.17) is 4.74 Å². The van der Waals surface area contributed by atoms with Gasteiger partial charge in [-0.2, -0.15) is 0 Å². The fourth-order valence-electron chi connectivity index (χ4n) is 2.46. The van der Waals surface area contributed by atoms with Crippen LogP contribution in [0.4, 0.5) is 0 Å². The quantitative estimate of drug-likeness (QED) is 0.738. The highest BCUT2D eigenvalue weighted by Crippen LogP contribution is 2.31. The van der Waals surface area contributed by atoms with E-state index in [1.165, 1.54) is 4.90 Å². The van der Waals surface area contributed by atoms with E-state index in [1.807, 2.05) is 0 Å². The summed E-state index contributed by atoms with van der Waals surface area (Å²) in [6.07, 6.45) is 0. The molecule has 1 atom stereocenters. The summed E-state index contributed by atoms with van der Waals surface area (Å²) in [5.74, 6) is -0.363. The zero-order valence-electron chi connectivity index (χ0n) is 10.3. The fraction of sp³-hybridized carbons (Fsp3) is 0.385. The van der Waals surface area contributed by atoms with Crippen LogP contribution in [-0.2, 0) is 16.1 Å². The molecule has 2 aliphatic heterocycles. The maximum absolute atomic E-state index is 12.3. The van der Waals surface area contributed by atoms with Gasteiger partial charge in [0, 0.05) is 17.7 Å². The lowest BCUT2D eigenvalue weighted by atomic mass is 10.1. The number of carbonyl (C=O) groups excluding carboxylic acids is 2. The van der Waals surface area contributed by atoms with E-state index in [0.29, 0.717) is 24.3 Å². The molecular formula is C13H14N2O4. The van der Waals surface area contributed by atoms with Gasteiger partial charge in [-0.1, -0.05) is 6.07 Å². The van der Waals surface area contributed by atoms with Gasteiger partial charge >= 0.3 is 0 Å². The van der Waals surface area contributed by atoms with E-state index >= 15 is 0 Å². The van der Waals surface area contributed by atoms with Crippen molar-refractivity contribution in [2.24, 2.45) is 0 Å². The fourth-order valence-corrected chi connectivity index (χ4v) is 2.46. The third kappa shape index (κ3) is 1.94. The molecule has 6 nitrogen and oxygen atoms in total. The van der Waals surface area contributed by atoms with Crippen molar-refractivity contribution in [2.45, 2.75) is 12.6 Å². The van der Waals surface area contributed by atoms with Crippen molar-refractivity contribution in [2.75, 3.05) is 19.8 Å². The third-order valence-corrected chi connectivity index (χ3v) is 3.47. The van der Waals surface area contributed by atoms with Crippen LogP contribution in [0.3, 0.4) is 0 Å². The van der Waals surface area contributed by atoms with Gasteiger partial charge in [0.1, 0.15) is 11.8 Å². The van der Waals surface area contributed by atoms with Gasteiger partial charge in [-0.25, -0.2) is 0 Å². The second-order valence-corrected chi connectivity index (χ2v) is 4.62. The number of aromatic hydroxyl groups is 1. The Morgan fingerprint density at radius 1 is 1.37 bits per heavy atom. The molecular weight excluding hydrogens is 248 g/mol. The number of nitrogens with one attached hydrogen (secondary N) is 1. The van der Waals surface area contributed by atoms with Gasteiger partial charge in [-0.15, -0.1) is 0 Å². The first-order chi connectivity index (χ1) is 9.18. The minimum Gasteiger partial charge on any atom is -0.508 e. The van der Waals surface area contributed by atoms with Gasteiger partial charge in [0.25, 0.3) is 5.91 Å². The van der Waals surface area contributed by atoms with E-state index in [2.05, 4.69) is 5.32 Å². The number of ether oxygens (including phenoxy) is 1. The summed E-state index contributed by atoms with van der Waals surface area (Å²) in [5, 5.41) is 12.5. The van der Waals surface area contributed by atoms with E-state index in [-0.39, 0.29) is 30.7 Å². The Hall–Kier alpha value is -2.08. The third-order valence-electron chi connectivity index (χ3n) is 3.47. The zero-order chi connectivity index (χ0) is 13.4. The summed E-state index contributed by atoms with van der Waals surface area (Å²) in [6, 6.07) is 4.19. The summed E-state index contributed by atoms with van der Waals surface area (Å²) in [5.41, 5.74) is 1.03. The lowest BCUT2D eigenvalue weighted by Gasteiger charge is -2.24. The summed E-state index contributed by atoms with van der Waals surface area (Å²) in [4.78, 5) is 25.7. The van der Waals surface area contributed by atoms with Crippen LogP contribution >= 0.6 is 0 Å². The number of nitrogens with zero attached hydrogens (tertiary/aromatic N) is 1. The van der Waals surface area contributed by atoms with Crippen molar-refractivity contribution in [3.63, 3.8) is 0 Å². The molecule has 2 heterocycles. The average Bonchev–Trinajstić information content (AvgIpc) is 2.59. The molecule has 2 aliphatic rings. The minimum absolute atomic E-state index is 0.0864. The zero-order valence-corrected chi connectivity index (χ0v) is 10.3. The number of phenolic OH excluding ortho intramolecular Hbond substituents is 1. The highest BCUT2D eigenvalue weighted by molar-refractivity contribution is 6.01. The van der Waals surface area contributed by atoms with E-state index in [0.717, 1.165) is 0 Å². The predicted octanol–water partition coefficient (Wildman–Crippen LogP) is -0.137. The molecule has 0 radical (unpaired) electrons. The number of benzene rings is 1. The molecule has 0 spiro atoms. The van der Waals surface area contributed by atoms with Crippen molar-refractivity contribution in [1.82, 2.24) is 10.2 Å². The van der Waals surface area contributed by atoms with Gasteiger partial charge in [0.05, 0.1) is 19.8 Å². The van der Waals surface area contributed by atoms with Crippen LogP contribution in [0.15, 0.2) is 18.2 Å². The number of fused-ring (bicyclic) bond motifs is 1. The summed E-state index contributed by atoms with van der Waals surface area (Å²) in [7, 11) is 0. The van der Waals surface area contributed by atoms with Gasteiger partial charge < -0.3 is 20.1 Å². The first kappa shape index (κ1) is 12.0. The molecule has 2 N–H and O–H groups in total. The van der Waals surface area contributed by atoms with Crippen LogP contribution in [-0.4, -0.2) is 47.6 Å². The molecule has 6 heteroatoms. The van der Waals surface area contributed by atoms with Gasteiger partial charge in [-0.05, 0) is 12.1 Å². The standard InChI is InChI=1S/C13H14N2O4/c16-11-3-1-2-8-9(11)6-15(13(8)18)10-7-19-5-4-14-12(10)17/h1-3,10,16H,4-7H2,(H,14,17)/t10-/m0/s1. The Morgan fingerprint density at radius 2 is 2.21 bits per heavy atom. The highest BCUT2D eigenvalue weighted by Gasteiger charge is 2.38. The number of hydrogen-bond acceptors (Lipinski definition) is 4. The van der Waals surface area contributed by atoms with Crippen LogP contribution in [0, 0.1) is 0 Å². The Labute approximate surface area is 110 Å². The number of hydrogen-bond donors (Lipinski definition) is 2. The molecule has 0 unspecified atom stereocenters. The molecule has 19 heavy (non-hydrogen) atoms. The molecule has 1 fully saturated rings. The number of carbonyl (C=O) groups is 2. The molecule has 0 aromatic heterocycles. The first-order valence-electron chi connectivity index (χ1n) is 6.16. The topological polar surface area (TPSA) is 78.9 Å². The molecule has 0 saturated carbocycles. The largest absolute Gasteiger partial charge is 0.508 e. The van der Waals surface area contributed by atoms with Crippen LogP contribution in [0.1, 0.15) is 15.9 Å². The Bertz CT molecular complexity index is 543. The van der Waals surface area contributed by atoms with Crippen molar-refractivity contribution in [3.8, 4) is 5.75 Å². The van der Waals surface area contributed by atoms with Gasteiger partial charge in [0.15, 0.2) is 0 Å². The van der Waals surface area contributed by atoms with Crippen LogP contribution in [0.5, 0.6) is 5.75 Å². The molecule has 0 aliphatic carbocycles. The number of amides is 2. The van der Waals surface area contributed by atoms with Crippen LogP contribution < -0.4 is 5.32 Å². The summed E-state index contributed by atoms with van der Waals surface area (Å²) >= 11 is 0. The van der Waals surface area contributed by atoms with Gasteiger partial charge in [-0.3, -0.25) is 9.59 Å². The number of phenols is 1. The SMILES string of the molecule is O=C1NCCOC[C@@H]1N1Cc2c(O)cccc2C1=O. The maximum Gasteiger partial charge on any atom is 0.255 e. The molecule has 100 valence electrons. The lowest BCUT2D eigenvalue weighted by molar-refractivity contribution is -0.125. The van der Waals surface area contributed by atoms with Crippen molar-refractivity contribution in [1.29, 1.82) is 0 Å².